The smallest absolute Gasteiger partial charge is 0.250 e. The molecule has 0 saturated carbocycles. The third-order valence-electron chi connectivity index (χ3n) is 3.05. The molecule has 1 rings (SSSR count). The highest BCUT2D eigenvalue weighted by atomic mass is 35.5. The molecule has 0 spiro atoms. The van der Waals surface area contributed by atoms with E-state index in [4.69, 9.17) is 11.6 Å². The molecule has 8 nitrogen and oxygen atoms in total. The molecule has 1 unspecified atom stereocenters. The molecule has 25 heavy (non-hydrogen) atoms. The first-order valence-corrected chi connectivity index (χ1v) is 12.2. The number of sulfone groups is 1. The average molecular weight is 431 g/mol. The summed E-state index contributed by atoms with van der Waals surface area (Å²) in [6.45, 7) is 2.33. The van der Waals surface area contributed by atoms with Crippen molar-refractivity contribution in [3.8, 4) is 0 Å². The molecule has 0 amide bonds. The summed E-state index contributed by atoms with van der Waals surface area (Å²) in [4.78, 5) is 4.02. The summed E-state index contributed by atoms with van der Waals surface area (Å²) in [5.41, 5.74) is 0. The van der Waals surface area contributed by atoms with E-state index in [0.717, 1.165) is 11.3 Å². The predicted octanol–water partition coefficient (Wildman–Crippen LogP) is 0.668. The molecule has 1 aromatic heterocycles. The van der Waals surface area contributed by atoms with Gasteiger partial charge in [-0.15, -0.1) is 11.3 Å². The number of hydrogen-bond acceptors (Lipinski definition) is 6. The molecule has 0 aliphatic heterocycles. The number of aliphatic imine (C=N–C) groups is 1. The van der Waals surface area contributed by atoms with Crippen LogP contribution < -0.4 is 15.4 Å². The lowest BCUT2D eigenvalue weighted by Gasteiger charge is -2.17. The summed E-state index contributed by atoms with van der Waals surface area (Å²) in [6, 6.07) is 2.89. The maximum absolute atomic E-state index is 12.0. The first-order valence-electron chi connectivity index (χ1n) is 7.43. The van der Waals surface area contributed by atoms with Crippen molar-refractivity contribution in [2.45, 2.75) is 23.6 Å². The van der Waals surface area contributed by atoms with Crippen LogP contribution in [0, 0.1) is 0 Å². The molecule has 0 saturated heterocycles. The summed E-state index contributed by atoms with van der Waals surface area (Å²) >= 11 is 6.73. The molecule has 0 bridgehead atoms. The largest absolute Gasteiger partial charge is 0.355 e. The van der Waals surface area contributed by atoms with Crippen LogP contribution >= 0.6 is 22.9 Å². The molecular weight excluding hydrogens is 408 g/mol. The number of rotatable bonds is 9. The molecule has 0 aromatic carbocycles. The van der Waals surface area contributed by atoms with Crippen molar-refractivity contribution >= 4 is 48.8 Å². The van der Waals surface area contributed by atoms with Crippen molar-refractivity contribution < 1.29 is 16.8 Å². The van der Waals surface area contributed by atoms with Gasteiger partial charge >= 0.3 is 0 Å². The van der Waals surface area contributed by atoms with Crippen LogP contribution in [0.15, 0.2) is 21.3 Å². The Kier molecular flexibility index (Phi) is 8.61. The van der Waals surface area contributed by atoms with Gasteiger partial charge in [-0.05, 0) is 25.5 Å². The lowest BCUT2D eigenvalue weighted by molar-refractivity contribution is 0.578. The third kappa shape index (κ3) is 8.86. The van der Waals surface area contributed by atoms with Gasteiger partial charge < -0.3 is 10.6 Å². The van der Waals surface area contributed by atoms with Crippen molar-refractivity contribution in [2.24, 2.45) is 4.99 Å². The van der Waals surface area contributed by atoms with Crippen LogP contribution in [0.1, 0.15) is 13.3 Å². The maximum atomic E-state index is 12.0. The average Bonchev–Trinajstić information content (AvgIpc) is 2.95. The molecule has 144 valence electrons. The lowest BCUT2D eigenvalue weighted by atomic mass is 10.3. The number of nitrogens with one attached hydrogen (secondary N) is 3. The van der Waals surface area contributed by atoms with E-state index in [9.17, 15) is 16.8 Å². The number of halogens is 1. The Morgan fingerprint density at radius 3 is 2.48 bits per heavy atom. The fourth-order valence-electron chi connectivity index (χ4n) is 1.77. The van der Waals surface area contributed by atoms with Crippen molar-refractivity contribution in [3.05, 3.63) is 16.5 Å². The van der Waals surface area contributed by atoms with E-state index in [0.29, 0.717) is 23.3 Å². The van der Waals surface area contributed by atoms with Crippen LogP contribution in [-0.4, -0.2) is 61.0 Å². The Balaban J connectivity index is 2.38. The summed E-state index contributed by atoms with van der Waals surface area (Å²) in [6.07, 6.45) is 1.64. The maximum Gasteiger partial charge on any atom is 0.250 e. The normalized spacial score (nSPS) is 14.3. The molecular formula is C13H23ClN4O4S3. The van der Waals surface area contributed by atoms with Gasteiger partial charge in [0.2, 0.25) is 10.0 Å². The minimum atomic E-state index is -3.58. The zero-order valence-electron chi connectivity index (χ0n) is 14.2. The molecule has 1 aromatic rings. The van der Waals surface area contributed by atoms with E-state index in [1.54, 1.807) is 7.05 Å². The van der Waals surface area contributed by atoms with Gasteiger partial charge in [-0.1, -0.05) is 11.6 Å². The van der Waals surface area contributed by atoms with Crippen LogP contribution in [0.5, 0.6) is 0 Å². The van der Waals surface area contributed by atoms with Crippen molar-refractivity contribution in [3.63, 3.8) is 0 Å². The van der Waals surface area contributed by atoms with Gasteiger partial charge in [-0.3, -0.25) is 4.99 Å². The first kappa shape index (κ1) is 22.2. The van der Waals surface area contributed by atoms with Crippen molar-refractivity contribution in [2.75, 3.05) is 32.1 Å². The Labute approximate surface area is 158 Å². The quantitative estimate of drug-likeness (QED) is 0.301. The van der Waals surface area contributed by atoms with E-state index < -0.39 is 19.9 Å². The second-order valence-corrected chi connectivity index (χ2v) is 11.4. The predicted molar refractivity (Wildman–Crippen MR) is 103 cm³/mol. The first-order chi connectivity index (χ1) is 11.5. The monoisotopic (exact) mass is 430 g/mol. The van der Waals surface area contributed by atoms with Gasteiger partial charge in [-0.25, -0.2) is 21.6 Å². The SMILES string of the molecule is CN=C(NCCNS(=O)(=O)c1ccc(Cl)s1)NC(C)CCS(C)(=O)=O. The third-order valence-corrected chi connectivity index (χ3v) is 7.21. The molecule has 0 aliphatic rings. The number of sulfonamides is 1. The second-order valence-electron chi connectivity index (χ2n) is 5.42. The van der Waals surface area contributed by atoms with E-state index in [1.807, 2.05) is 6.92 Å². The highest BCUT2D eigenvalue weighted by Gasteiger charge is 2.16. The van der Waals surface area contributed by atoms with Gasteiger partial charge in [0.05, 0.1) is 10.1 Å². The van der Waals surface area contributed by atoms with Crippen LogP contribution in [0.4, 0.5) is 0 Å². The standard InChI is InChI=1S/C13H23ClN4O4S3/c1-10(6-9-24(3,19)20)18-13(15-2)16-7-8-17-25(21,22)12-5-4-11(14)23-12/h4-5,10,17H,6-9H2,1-3H3,(H2,15,16,18). The zero-order valence-corrected chi connectivity index (χ0v) is 17.4. The van der Waals surface area contributed by atoms with Crippen LogP contribution in [0.3, 0.4) is 0 Å². The lowest BCUT2D eigenvalue weighted by Crippen LogP contribution is -2.45. The van der Waals surface area contributed by atoms with Crippen molar-refractivity contribution in [1.82, 2.24) is 15.4 Å². The van der Waals surface area contributed by atoms with Crippen LogP contribution in [-0.2, 0) is 19.9 Å². The summed E-state index contributed by atoms with van der Waals surface area (Å²) < 4.78 is 49.4. The number of thiophene rings is 1. The van der Waals surface area contributed by atoms with E-state index >= 15 is 0 Å². The Morgan fingerprint density at radius 2 is 1.96 bits per heavy atom. The van der Waals surface area contributed by atoms with E-state index in [-0.39, 0.29) is 22.5 Å². The zero-order chi connectivity index (χ0) is 19.1. The number of hydrogen-bond donors (Lipinski definition) is 3. The number of guanidine groups is 1. The molecule has 0 radical (unpaired) electrons. The fourth-order valence-corrected chi connectivity index (χ4v) is 5.11. The Bertz CT molecular complexity index is 790. The minimum absolute atomic E-state index is 0.0847. The Morgan fingerprint density at radius 1 is 1.28 bits per heavy atom. The van der Waals surface area contributed by atoms with Crippen LogP contribution in [0.2, 0.25) is 4.34 Å². The highest BCUT2D eigenvalue weighted by molar-refractivity contribution is 7.91. The van der Waals surface area contributed by atoms with Gasteiger partial charge in [0, 0.05) is 32.4 Å². The van der Waals surface area contributed by atoms with Gasteiger partial charge in [0.15, 0.2) is 5.96 Å². The van der Waals surface area contributed by atoms with Gasteiger partial charge in [0.1, 0.15) is 14.0 Å². The fraction of sp³-hybridized carbons (Fsp3) is 0.615. The molecule has 1 atom stereocenters. The molecule has 0 aliphatic carbocycles. The Hall–Kier alpha value is -0.880. The van der Waals surface area contributed by atoms with E-state index in [1.165, 1.54) is 18.4 Å². The molecule has 12 heteroatoms. The summed E-state index contributed by atoms with van der Waals surface area (Å²) in [7, 11) is -5.00. The highest BCUT2D eigenvalue weighted by Crippen LogP contribution is 2.25. The molecule has 3 N–H and O–H groups in total. The minimum Gasteiger partial charge on any atom is -0.355 e. The van der Waals surface area contributed by atoms with Crippen LogP contribution in [0.25, 0.3) is 0 Å². The van der Waals surface area contributed by atoms with E-state index in [2.05, 4.69) is 20.3 Å². The second kappa shape index (κ2) is 9.72. The summed E-state index contributed by atoms with van der Waals surface area (Å²) in [5.74, 6) is 0.556. The van der Waals surface area contributed by atoms with Gasteiger partial charge in [0.25, 0.3) is 0 Å². The number of nitrogens with zero attached hydrogens (tertiary/aromatic N) is 1. The molecule has 1 heterocycles. The van der Waals surface area contributed by atoms with Crippen molar-refractivity contribution in [1.29, 1.82) is 0 Å². The molecule has 0 fully saturated rings. The van der Waals surface area contributed by atoms with Gasteiger partial charge in [-0.2, -0.15) is 0 Å². The summed E-state index contributed by atoms with van der Waals surface area (Å²) in [5, 5.41) is 6.02. The topological polar surface area (TPSA) is 117 Å².